The molecule has 2 aromatic heterocycles. The van der Waals surface area contributed by atoms with Gasteiger partial charge in [0.1, 0.15) is 11.4 Å². The van der Waals surface area contributed by atoms with Crippen molar-refractivity contribution in [3.63, 3.8) is 0 Å². The van der Waals surface area contributed by atoms with Gasteiger partial charge in [-0.25, -0.2) is 4.98 Å². The van der Waals surface area contributed by atoms with Gasteiger partial charge in [-0.3, -0.25) is 5.41 Å². The molecule has 0 atom stereocenters. The maximum absolute atomic E-state index is 8.24. The van der Waals surface area contributed by atoms with Gasteiger partial charge in [-0.15, -0.1) is 13.2 Å². The van der Waals surface area contributed by atoms with E-state index >= 15 is 0 Å². The second-order valence-electron chi connectivity index (χ2n) is 7.03. The van der Waals surface area contributed by atoms with Gasteiger partial charge >= 0.3 is 0 Å². The number of nitrogens with one attached hydrogen (secondary N) is 3. The van der Waals surface area contributed by atoms with Crippen molar-refractivity contribution in [2.45, 2.75) is 6.54 Å². The summed E-state index contributed by atoms with van der Waals surface area (Å²) in [6, 6.07) is 15.8. The Morgan fingerprint density at radius 2 is 2.00 bits per heavy atom. The van der Waals surface area contributed by atoms with Crippen LogP contribution in [-0.4, -0.2) is 20.2 Å². The SMILES string of the molecule is C=C.C=C(NCc1cc2ccccc2[nH]1)c1ccc(C(=N)C#Cc2cncn2C)c(N)c1. The molecule has 2 heterocycles. The van der Waals surface area contributed by atoms with E-state index in [-0.39, 0.29) is 5.71 Å². The summed E-state index contributed by atoms with van der Waals surface area (Å²) < 4.78 is 1.80. The molecule has 0 fully saturated rings. The second kappa shape index (κ2) is 10.0. The molecule has 0 aliphatic carbocycles. The van der Waals surface area contributed by atoms with Crippen LogP contribution in [-0.2, 0) is 13.6 Å². The number of anilines is 1. The highest BCUT2D eigenvalue weighted by atomic mass is 15.0. The van der Waals surface area contributed by atoms with Crippen LogP contribution in [0.15, 0.2) is 80.8 Å². The van der Waals surface area contributed by atoms with Crippen LogP contribution in [0.3, 0.4) is 0 Å². The van der Waals surface area contributed by atoms with Crippen molar-refractivity contribution in [2.75, 3.05) is 5.73 Å². The Hall–Kier alpha value is -4.50. The summed E-state index contributed by atoms with van der Waals surface area (Å²) in [6.45, 7) is 10.7. The number of nitrogens with zero attached hydrogens (tertiary/aromatic N) is 2. The monoisotopic (exact) mass is 422 g/mol. The summed E-state index contributed by atoms with van der Waals surface area (Å²) in [5.74, 6) is 5.78. The van der Waals surface area contributed by atoms with Crippen LogP contribution in [0.1, 0.15) is 22.5 Å². The number of fused-ring (bicyclic) bond motifs is 1. The fraction of sp³-hybridized carbons (Fsp3) is 0.0769. The fourth-order valence-electron chi connectivity index (χ4n) is 3.18. The van der Waals surface area contributed by atoms with E-state index in [1.54, 1.807) is 23.2 Å². The molecule has 5 N–H and O–H groups in total. The third-order valence-electron chi connectivity index (χ3n) is 4.88. The molecule has 0 unspecified atom stereocenters. The molecule has 0 bridgehead atoms. The average molecular weight is 423 g/mol. The Kier molecular flexibility index (Phi) is 6.94. The quantitative estimate of drug-likeness (QED) is 0.165. The lowest BCUT2D eigenvalue weighted by Gasteiger charge is -2.11. The molecule has 6 nitrogen and oxygen atoms in total. The molecular weight excluding hydrogens is 396 g/mol. The molecule has 4 aromatic rings. The number of aryl methyl sites for hydroxylation is 1. The number of benzene rings is 2. The third-order valence-corrected chi connectivity index (χ3v) is 4.88. The predicted octanol–water partition coefficient (Wildman–Crippen LogP) is 4.47. The second-order valence-corrected chi connectivity index (χ2v) is 7.03. The molecule has 4 rings (SSSR count). The van der Waals surface area contributed by atoms with Gasteiger partial charge in [0, 0.05) is 35.2 Å². The Morgan fingerprint density at radius 3 is 2.69 bits per heavy atom. The molecule has 0 amide bonds. The van der Waals surface area contributed by atoms with Crippen molar-refractivity contribution in [2.24, 2.45) is 7.05 Å². The molecule has 0 aliphatic heterocycles. The van der Waals surface area contributed by atoms with Crippen LogP contribution in [0.4, 0.5) is 5.69 Å². The van der Waals surface area contributed by atoms with Gasteiger partial charge in [-0.05, 0) is 47.1 Å². The number of aromatic amines is 1. The lowest BCUT2D eigenvalue weighted by Crippen LogP contribution is -2.12. The van der Waals surface area contributed by atoms with Gasteiger partial charge in [0.2, 0.25) is 0 Å². The number of hydrogen-bond acceptors (Lipinski definition) is 4. The zero-order valence-electron chi connectivity index (χ0n) is 18.1. The number of imidazole rings is 1. The molecule has 32 heavy (non-hydrogen) atoms. The minimum Gasteiger partial charge on any atom is -0.398 e. The predicted molar refractivity (Wildman–Crippen MR) is 133 cm³/mol. The number of nitrogens with two attached hydrogens (primary N) is 1. The maximum atomic E-state index is 8.24. The van der Waals surface area contributed by atoms with Crippen molar-refractivity contribution < 1.29 is 0 Å². The van der Waals surface area contributed by atoms with Crippen LogP contribution in [0.25, 0.3) is 16.6 Å². The summed E-state index contributed by atoms with van der Waals surface area (Å²) in [5, 5.41) is 12.8. The molecule has 0 radical (unpaired) electrons. The van der Waals surface area contributed by atoms with E-state index in [0.29, 0.717) is 17.8 Å². The first-order valence-electron chi connectivity index (χ1n) is 9.98. The summed E-state index contributed by atoms with van der Waals surface area (Å²) in [7, 11) is 1.86. The molecule has 160 valence electrons. The first-order valence-corrected chi connectivity index (χ1v) is 9.98. The highest BCUT2D eigenvalue weighted by molar-refractivity contribution is 6.14. The minimum absolute atomic E-state index is 0.164. The van der Waals surface area contributed by atoms with Gasteiger partial charge < -0.3 is 20.6 Å². The largest absolute Gasteiger partial charge is 0.398 e. The zero-order chi connectivity index (χ0) is 23.1. The Morgan fingerprint density at radius 1 is 1.22 bits per heavy atom. The number of para-hydroxylation sites is 1. The highest BCUT2D eigenvalue weighted by Gasteiger charge is 2.08. The van der Waals surface area contributed by atoms with Crippen LogP contribution < -0.4 is 11.1 Å². The van der Waals surface area contributed by atoms with Crippen LogP contribution >= 0.6 is 0 Å². The topological polar surface area (TPSA) is 95.5 Å². The van der Waals surface area contributed by atoms with Gasteiger partial charge in [0.05, 0.1) is 19.1 Å². The number of hydrogen-bond donors (Lipinski definition) is 4. The number of rotatable bonds is 5. The van der Waals surface area contributed by atoms with Crippen LogP contribution in [0, 0.1) is 17.3 Å². The van der Waals surface area contributed by atoms with E-state index in [9.17, 15) is 0 Å². The van der Waals surface area contributed by atoms with E-state index in [1.807, 2.05) is 31.3 Å². The summed E-state index contributed by atoms with van der Waals surface area (Å²) in [6.07, 6.45) is 3.33. The van der Waals surface area contributed by atoms with E-state index in [2.05, 4.69) is 65.1 Å². The molecule has 2 aromatic carbocycles. The number of aromatic nitrogens is 3. The molecule has 0 saturated carbocycles. The standard InChI is InChI=1S/C24H22N6.C2H4/c1-16(28-13-19-11-18-5-3-4-6-24(18)29-19)17-7-9-21(23(26)12-17)22(25)10-8-20-14-27-15-30(20)2;1-2/h3-7,9,11-12,14-15,25,28-29H,1,13,26H2,2H3;1-2H2. The fourth-order valence-corrected chi connectivity index (χ4v) is 3.18. The lowest BCUT2D eigenvalue weighted by molar-refractivity contribution is 0.867. The average Bonchev–Trinajstić information content (AvgIpc) is 3.42. The van der Waals surface area contributed by atoms with E-state index in [0.717, 1.165) is 28.2 Å². The van der Waals surface area contributed by atoms with Gasteiger partial charge in [-0.2, -0.15) is 0 Å². The van der Waals surface area contributed by atoms with Crippen molar-refractivity contribution in [1.82, 2.24) is 19.9 Å². The lowest BCUT2D eigenvalue weighted by atomic mass is 10.0. The van der Waals surface area contributed by atoms with E-state index < -0.39 is 0 Å². The normalized spacial score (nSPS) is 9.91. The summed E-state index contributed by atoms with van der Waals surface area (Å²) in [4.78, 5) is 7.41. The molecule has 0 spiro atoms. The number of nitrogen functional groups attached to an aromatic ring is 1. The summed E-state index contributed by atoms with van der Waals surface area (Å²) in [5.41, 5.74) is 12.0. The van der Waals surface area contributed by atoms with Gasteiger partial charge in [0.15, 0.2) is 0 Å². The Balaban J connectivity index is 0.00000141. The van der Waals surface area contributed by atoms with Crippen molar-refractivity contribution in [3.8, 4) is 11.8 Å². The van der Waals surface area contributed by atoms with Crippen LogP contribution in [0.5, 0.6) is 0 Å². The number of H-pyrrole nitrogens is 1. The molecular formula is C26H26N6. The van der Waals surface area contributed by atoms with Gasteiger partial charge in [-0.1, -0.05) is 30.8 Å². The zero-order valence-corrected chi connectivity index (χ0v) is 18.1. The van der Waals surface area contributed by atoms with Gasteiger partial charge in [0.25, 0.3) is 0 Å². The van der Waals surface area contributed by atoms with Crippen molar-refractivity contribution in [1.29, 1.82) is 5.41 Å². The maximum Gasteiger partial charge on any atom is 0.114 e. The summed E-state index contributed by atoms with van der Waals surface area (Å²) >= 11 is 0. The van der Waals surface area contributed by atoms with E-state index in [1.165, 1.54) is 5.39 Å². The van der Waals surface area contributed by atoms with Crippen molar-refractivity contribution in [3.05, 3.63) is 103 Å². The Labute approximate surface area is 188 Å². The molecule has 0 saturated heterocycles. The van der Waals surface area contributed by atoms with E-state index in [4.69, 9.17) is 11.1 Å². The Bertz CT molecular complexity index is 1300. The third kappa shape index (κ3) is 4.97. The molecule has 0 aliphatic rings. The van der Waals surface area contributed by atoms with Crippen molar-refractivity contribution >= 4 is 28.0 Å². The first kappa shape index (κ1) is 22.2. The molecule has 6 heteroatoms. The first-order chi connectivity index (χ1) is 15.5. The smallest absolute Gasteiger partial charge is 0.114 e. The minimum atomic E-state index is 0.164. The van der Waals surface area contributed by atoms with Crippen LogP contribution in [0.2, 0.25) is 0 Å². The highest BCUT2D eigenvalue weighted by Crippen LogP contribution is 2.20.